The van der Waals surface area contributed by atoms with Gasteiger partial charge < -0.3 is 5.32 Å². The SMILES string of the molecule is Cc1cc(C2CCC3CC(C(F)(F)F)CCC3N2)ccc1F. The number of aryl methyl sites for hydroxylation is 1. The zero-order chi connectivity index (χ0) is 15.9. The molecule has 122 valence electrons. The fourth-order valence-electron chi connectivity index (χ4n) is 3.97. The fraction of sp³-hybridized carbons (Fsp3) is 0.647. The molecule has 4 unspecified atom stereocenters. The van der Waals surface area contributed by atoms with Gasteiger partial charge in [0.2, 0.25) is 0 Å². The zero-order valence-corrected chi connectivity index (χ0v) is 12.6. The number of nitrogens with one attached hydrogen (secondary N) is 1. The molecule has 5 heteroatoms. The Morgan fingerprint density at radius 3 is 2.55 bits per heavy atom. The van der Waals surface area contributed by atoms with Crippen LogP contribution in [-0.2, 0) is 0 Å². The molecule has 0 spiro atoms. The molecule has 1 aliphatic carbocycles. The lowest BCUT2D eigenvalue weighted by atomic mass is 9.72. The van der Waals surface area contributed by atoms with E-state index in [1.165, 1.54) is 6.07 Å². The van der Waals surface area contributed by atoms with E-state index in [2.05, 4.69) is 5.32 Å². The number of halogens is 4. The van der Waals surface area contributed by atoms with Crippen LogP contribution in [0, 0.1) is 24.6 Å². The second-order valence-corrected chi connectivity index (χ2v) is 6.72. The highest BCUT2D eigenvalue weighted by molar-refractivity contribution is 5.27. The first-order valence-electron chi connectivity index (χ1n) is 7.93. The zero-order valence-electron chi connectivity index (χ0n) is 12.6. The van der Waals surface area contributed by atoms with Crippen molar-refractivity contribution in [3.63, 3.8) is 0 Å². The van der Waals surface area contributed by atoms with Crippen molar-refractivity contribution < 1.29 is 17.6 Å². The molecule has 2 aliphatic rings. The molecule has 2 fully saturated rings. The fourth-order valence-corrected chi connectivity index (χ4v) is 3.97. The van der Waals surface area contributed by atoms with E-state index in [-0.39, 0.29) is 36.7 Å². The summed E-state index contributed by atoms with van der Waals surface area (Å²) < 4.78 is 52.0. The van der Waals surface area contributed by atoms with Gasteiger partial charge in [-0.3, -0.25) is 0 Å². The Morgan fingerprint density at radius 1 is 1.09 bits per heavy atom. The van der Waals surface area contributed by atoms with Gasteiger partial charge in [-0.2, -0.15) is 13.2 Å². The van der Waals surface area contributed by atoms with Gasteiger partial charge in [0.1, 0.15) is 5.82 Å². The summed E-state index contributed by atoms with van der Waals surface area (Å²) in [6.45, 7) is 1.74. The lowest BCUT2D eigenvalue weighted by Gasteiger charge is -2.43. The van der Waals surface area contributed by atoms with Gasteiger partial charge in [-0.15, -0.1) is 0 Å². The Balaban J connectivity index is 1.67. The molecular weight excluding hydrogens is 294 g/mol. The average Bonchev–Trinajstić information content (AvgIpc) is 2.48. The molecule has 22 heavy (non-hydrogen) atoms. The smallest absolute Gasteiger partial charge is 0.307 e. The van der Waals surface area contributed by atoms with E-state index in [9.17, 15) is 17.6 Å². The molecule has 1 aliphatic heterocycles. The molecule has 1 heterocycles. The minimum absolute atomic E-state index is 0.109. The van der Waals surface area contributed by atoms with Crippen molar-refractivity contribution in [2.45, 2.75) is 57.3 Å². The monoisotopic (exact) mass is 315 g/mol. The Labute approximate surface area is 128 Å². The number of piperidine rings is 1. The Hall–Kier alpha value is -1.10. The third-order valence-corrected chi connectivity index (χ3v) is 5.27. The number of hydrogen-bond donors (Lipinski definition) is 1. The Bertz CT molecular complexity index is 540. The van der Waals surface area contributed by atoms with E-state index < -0.39 is 12.1 Å². The first-order valence-corrected chi connectivity index (χ1v) is 7.93. The maximum atomic E-state index is 13.4. The number of alkyl halides is 3. The molecule has 1 saturated heterocycles. The maximum absolute atomic E-state index is 13.4. The van der Waals surface area contributed by atoms with Crippen molar-refractivity contribution in [2.75, 3.05) is 0 Å². The molecule has 1 N–H and O–H groups in total. The number of rotatable bonds is 1. The van der Waals surface area contributed by atoms with E-state index in [0.717, 1.165) is 18.4 Å². The molecule has 1 saturated carbocycles. The van der Waals surface area contributed by atoms with Gasteiger partial charge in [0.05, 0.1) is 5.92 Å². The summed E-state index contributed by atoms with van der Waals surface area (Å²) in [6, 6.07) is 5.38. The second-order valence-electron chi connectivity index (χ2n) is 6.72. The first-order chi connectivity index (χ1) is 10.3. The molecule has 1 aromatic rings. The molecular formula is C17H21F4N. The van der Waals surface area contributed by atoms with Crippen LogP contribution in [0.15, 0.2) is 18.2 Å². The number of benzene rings is 1. The van der Waals surface area contributed by atoms with Crippen LogP contribution >= 0.6 is 0 Å². The van der Waals surface area contributed by atoms with Gasteiger partial charge in [-0.05, 0) is 62.1 Å². The van der Waals surface area contributed by atoms with Gasteiger partial charge in [-0.1, -0.05) is 12.1 Å². The summed E-state index contributed by atoms with van der Waals surface area (Å²) in [7, 11) is 0. The third-order valence-electron chi connectivity index (χ3n) is 5.27. The lowest BCUT2D eigenvalue weighted by Crippen LogP contribution is -2.48. The summed E-state index contributed by atoms with van der Waals surface area (Å²) in [4.78, 5) is 0. The van der Waals surface area contributed by atoms with Crippen molar-refractivity contribution in [1.82, 2.24) is 5.32 Å². The standard InChI is InChI=1S/C17H21F4N/c1-10-8-11(2-5-14(10)18)15-6-3-12-9-13(17(19,20)21)4-7-16(12)22-15/h2,5,8,12-13,15-16,22H,3-4,6-7,9H2,1H3. The van der Waals surface area contributed by atoms with Crippen LogP contribution in [0.2, 0.25) is 0 Å². The predicted octanol–water partition coefficient (Wildman–Crippen LogP) is 4.91. The molecule has 3 rings (SSSR count). The van der Waals surface area contributed by atoms with E-state index in [0.29, 0.717) is 12.0 Å². The van der Waals surface area contributed by atoms with Gasteiger partial charge >= 0.3 is 6.18 Å². The minimum Gasteiger partial charge on any atom is -0.307 e. The molecule has 0 bridgehead atoms. The normalized spacial score (nSPS) is 32.6. The summed E-state index contributed by atoms with van der Waals surface area (Å²) in [5.74, 6) is -1.25. The van der Waals surface area contributed by atoms with Gasteiger partial charge in [-0.25, -0.2) is 4.39 Å². The third kappa shape index (κ3) is 3.14. The largest absolute Gasteiger partial charge is 0.391 e. The highest BCUT2D eigenvalue weighted by atomic mass is 19.4. The van der Waals surface area contributed by atoms with Crippen LogP contribution in [0.3, 0.4) is 0 Å². The van der Waals surface area contributed by atoms with Gasteiger partial charge in [0, 0.05) is 12.1 Å². The summed E-state index contributed by atoms with van der Waals surface area (Å²) in [6.07, 6.45) is -1.40. The molecule has 0 radical (unpaired) electrons. The van der Waals surface area contributed by atoms with E-state index in [1.807, 2.05) is 6.07 Å². The van der Waals surface area contributed by atoms with Crippen LogP contribution in [0.1, 0.15) is 49.3 Å². The molecule has 1 aromatic carbocycles. The van der Waals surface area contributed by atoms with Crippen LogP contribution in [0.4, 0.5) is 17.6 Å². The van der Waals surface area contributed by atoms with E-state index in [1.54, 1.807) is 13.0 Å². The van der Waals surface area contributed by atoms with Crippen molar-refractivity contribution in [2.24, 2.45) is 11.8 Å². The number of fused-ring (bicyclic) bond motifs is 1. The lowest BCUT2D eigenvalue weighted by molar-refractivity contribution is -0.188. The molecule has 0 aromatic heterocycles. The highest BCUT2D eigenvalue weighted by Crippen LogP contribution is 2.44. The Kier molecular flexibility index (Phi) is 4.19. The van der Waals surface area contributed by atoms with Crippen LogP contribution in [0.5, 0.6) is 0 Å². The first kappa shape index (κ1) is 15.8. The summed E-state index contributed by atoms with van der Waals surface area (Å²) in [5.41, 5.74) is 1.65. The van der Waals surface area contributed by atoms with Crippen LogP contribution in [0.25, 0.3) is 0 Å². The van der Waals surface area contributed by atoms with E-state index in [4.69, 9.17) is 0 Å². The molecule has 1 nitrogen and oxygen atoms in total. The topological polar surface area (TPSA) is 12.0 Å². The van der Waals surface area contributed by atoms with E-state index >= 15 is 0 Å². The van der Waals surface area contributed by atoms with Gasteiger partial charge in [0.25, 0.3) is 0 Å². The maximum Gasteiger partial charge on any atom is 0.391 e. The van der Waals surface area contributed by atoms with Crippen molar-refractivity contribution in [3.05, 3.63) is 35.1 Å². The summed E-state index contributed by atoms with van der Waals surface area (Å²) >= 11 is 0. The van der Waals surface area contributed by atoms with Crippen LogP contribution in [-0.4, -0.2) is 12.2 Å². The van der Waals surface area contributed by atoms with Gasteiger partial charge in [0.15, 0.2) is 0 Å². The highest BCUT2D eigenvalue weighted by Gasteiger charge is 2.46. The quantitative estimate of drug-likeness (QED) is 0.726. The number of hydrogen-bond acceptors (Lipinski definition) is 1. The Morgan fingerprint density at radius 2 is 1.86 bits per heavy atom. The van der Waals surface area contributed by atoms with Crippen LogP contribution < -0.4 is 5.32 Å². The van der Waals surface area contributed by atoms with Crippen molar-refractivity contribution in [3.8, 4) is 0 Å². The average molecular weight is 315 g/mol. The predicted molar refractivity (Wildman–Crippen MR) is 76.9 cm³/mol. The molecule has 4 atom stereocenters. The summed E-state index contributed by atoms with van der Waals surface area (Å²) in [5, 5.41) is 3.50. The van der Waals surface area contributed by atoms with Crippen molar-refractivity contribution >= 4 is 0 Å². The van der Waals surface area contributed by atoms with Crippen molar-refractivity contribution in [1.29, 1.82) is 0 Å². The minimum atomic E-state index is -4.06. The second kappa shape index (κ2) is 5.84. The molecule has 0 amide bonds.